The molecule has 1 aromatic carbocycles. The molecule has 2 aliphatic heterocycles. The third-order valence-corrected chi connectivity index (χ3v) is 4.84. The fraction of sp³-hybridized carbons (Fsp3) is 0.333. The number of β-amino-alcohol motifs (C(OH)–C–C–N with tert-alkyl or cyclic N) is 1. The van der Waals surface area contributed by atoms with Gasteiger partial charge >= 0.3 is 0 Å². The molecule has 7 nitrogen and oxygen atoms in total. The molecule has 2 aromatic rings. The highest BCUT2D eigenvalue weighted by molar-refractivity contribution is 5.86. The number of fused-ring (bicyclic) bond motifs is 1. The summed E-state index contributed by atoms with van der Waals surface area (Å²) in [6, 6.07) is 9.06. The lowest BCUT2D eigenvalue weighted by molar-refractivity contribution is -0.133. The van der Waals surface area contributed by atoms with Crippen molar-refractivity contribution in [2.45, 2.75) is 31.7 Å². The minimum absolute atomic E-state index is 0.0461. The van der Waals surface area contributed by atoms with Gasteiger partial charge in [-0.1, -0.05) is 12.1 Å². The van der Waals surface area contributed by atoms with E-state index in [-0.39, 0.29) is 5.91 Å². The molecule has 0 spiro atoms. The first-order valence-corrected chi connectivity index (χ1v) is 8.17. The Balaban J connectivity index is 1.58. The molecule has 1 N–H and O–H groups in total. The molecule has 2 aliphatic rings. The quantitative estimate of drug-likeness (QED) is 0.874. The van der Waals surface area contributed by atoms with Crippen LogP contribution in [0.25, 0.3) is 0 Å². The van der Waals surface area contributed by atoms with Gasteiger partial charge in [0, 0.05) is 32.3 Å². The lowest BCUT2D eigenvalue weighted by atomic mass is 10.1. The topological polar surface area (TPSA) is 93.3 Å². The van der Waals surface area contributed by atoms with Crippen molar-refractivity contribution < 1.29 is 9.90 Å². The maximum absolute atomic E-state index is 13.1. The highest BCUT2D eigenvalue weighted by atomic mass is 16.3. The SMILES string of the molecule is N#Cc1cccc2c1CN(C(=O)C1CC(O)CN1c1ccncn1)C2. The first-order valence-electron chi connectivity index (χ1n) is 8.17. The minimum atomic E-state index is -0.566. The van der Waals surface area contributed by atoms with Crippen molar-refractivity contribution in [3.63, 3.8) is 0 Å². The van der Waals surface area contributed by atoms with E-state index >= 15 is 0 Å². The number of nitriles is 1. The van der Waals surface area contributed by atoms with Crippen LogP contribution in [0.5, 0.6) is 0 Å². The zero-order chi connectivity index (χ0) is 17.4. The van der Waals surface area contributed by atoms with E-state index in [2.05, 4.69) is 16.0 Å². The molecule has 1 fully saturated rings. The van der Waals surface area contributed by atoms with Crippen LogP contribution in [0.3, 0.4) is 0 Å². The molecular weight excluding hydrogens is 318 g/mol. The van der Waals surface area contributed by atoms with E-state index < -0.39 is 12.1 Å². The van der Waals surface area contributed by atoms with Crippen molar-refractivity contribution >= 4 is 11.7 Å². The minimum Gasteiger partial charge on any atom is -0.391 e. The van der Waals surface area contributed by atoms with Gasteiger partial charge in [-0.15, -0.1) is 0 Å². The Hall–Kier alpha value is -2.98. The van der Waals surface area contributed by atoms with Crippen LogP contribution in [0.4, 0.5) is 5.82 Å². The van der Waals surface area contributed by atoms with Crippen LogP contribution < -0.4 is 4.90 Å². The zero-order valence-corrected chi connectivity index (χ0v) is 13.5. The molecule has 0 saturated carbocycles. The van der Waals surface area contributed by atoms with Crippen molar-refractivity contribution in [1.82, 2.24) is 14.9 Å². The largest absolute Gasteiger partial charge is 0.391 e. The number of benzene rings is 1. The number of hydrogen-bond donors (Lipinski definition) is 1. The van der Waals surface area contributed by atoms with E-state index in [0.717, 1.165) is 11.1 Å². The van der Waals surface area contributed by atoms with Crippen LogP contribution >= 0.6 is 0 Å². The predicted octanol–water partition coefficient (Wildman–Crippen LogP) is 0.830. The monoisotopic (exact) mass is 335 g/mol. The summed E-state index contributed by atoms with van der Waals surface area (Å²) < 4.78 is 0. The van der Waals surface area contributed by atoms with Crippen LogP contribution in [0.15, 0.2) is 36.8 Å². The lowest BCUT2D eigenvalue weighted by Gasteiger charge is -2.28. The highest BCUT2D eigenvalue weighted by Crippen LogP contribution is 2.30. The van der Waals surface area contributed by atoms with Crippen LogP contribution in [0.2, 0.25) is 0 Å². The van der Waals surface area contributed by atoms with E-state index in [4.69, 9.17) is 0 Å². The normalized spacial score (nSPS) is 21.9. The second-order valence-corrected chi connectivity index (χ2v) is 6.37. The summed E-state index contributed by atoms with van der Waals surface area (Å²) in [7, 11) is 0. The number of carbonyl (C=O) groups excluding carboxylic acids is 1. The van der Waals surface area contributed by atoms with E-state index in [1.165, 1.54) is 6.33 Å². The summed E-state index contributed by atoms with van der Waals surface area (Å²) in [5.74, 6) is 0.592. The van der Waals surface area contributed by atoms with E-state index in [1.807, 2.05) is 17.0 Å². The van der Waals surface area contributed by atoms with Gasteiger partial charge in [-0.25, -0.2) is 9.97 Å². The Morgan fingerprint density at radius 1 is 1.32 bits per heavy atom. The second-order valence-electron chi connectivity index (χ2n) is 6.37. The van der Waals surface area contributed by atoms with Crippen LogP contribution in [-0.2, 0) is 17.9 Å². The number of anilines is 1. The third-order valence-electron chi connectivity index (χ3n) is 4.84. The van der Waals surface area contributed by atoms with Gasteiger partial charge in [-0.2, -0.15) is 5.26 Å². The Morgan fingerprint density at radius 2 is 2.20 bits per heavy atom. The molecule has 1 saturated heterocycles. The van der Waals surface area contributed by atoms with Gasteiger partial charge in [0.15, 0.2) is 0 Å². The van der Waals surface area contributed by atoms with Gasteiger partial charge in [0.25, 0.3) is 0 Å². The molecule has 4 rings (SSSR count). The van der Waals surface area contributed by atoms with Crippen LogP contribution in [0.1, 0.15) is 23.1 Å². The fourth-order valence-electron chi connectivity index (χ4n) is 3.65. The number of rotatable bonds is 2. The molecule has 1 amide bonds. The molecule has 0 aliphatic carbocycles. The standard InChI is InChI=1S/C18H17N5O2/c19-7-12-2-1-3-13-8-22(10-15(12)13)18(25)16-6-14(24)9-23(16)17-4-5-20-11-21-17/h1-5,11,14,16,24H,6,8-10H2. The molecule has 2 unspecified atom stereocenters. The van der Waals surface area contributed by atoms with E-state index in [0.29, 0.717) is 37.4 Å². The Bertz CT molecular complexity index is 848. The Kier molecular flexibility index (Phi) is 3.82. The smallest absolute Gasteiger partial charge is 0.246 e. The molecule has 3 heterocycles. The van der Waals surface area contributed by atoms with Gasteiger partial charge in [0.1, 0.15) is 18.2 Å². The van der Waals surface area contributed by atoms with Gasteiger partial charge in [-0.05, 0) is 23.3 Å². The fourth-order valence-corrected chi connectivity index (χ4v) is 3.65. The summed E-state index contributed by atoms with van der Waals surface area (Å²) in [5.41, 5.74) is 2.55. The predicted molar refractivity (Wildman–Crippen MR) is 89.2 cm³/mol. The van der Waals surface area contributed by atoms with Crippen molar-refractivity contribution in [3.05, 3.63) is 53.5 Å². The zero-order valence-electron chi connectivity index (χ0n) is 13.5. The Morgan fingerprint density at radius 3 is 2.96 bits per heavy atom. The van der Waals surface area contributed by atoms with Gasteiger partial charge < -0.3 is 14.9 Å². The second kappa shape index (κ2) is 6.15. The summed E-state index contributed by atoms with van der Waals surface area (Å²) in [4.78, 5) is 24.8. The van der Waals surface area contributed by atoms with Crippen LogP contribution in [-0.4, -0.2) is 44.6 Å². The molecule has 0 bridgehead atoms. The van der Waals surface area contributed by atoms with Crippen molar-refractivity contribution in [1.29, 1.82) is 5.26 Å². The summed E-state index contributed by atoms with van der Waals surface area (Å²) in [6.07, 6.45) is 2.87. The number of amides is 1. The number of aromatic nitrogens is 2. The molecule has 2 atom stereocenters. The third kappa shape index (κ3) is 2.71. The maximum atomic E-state index is 13.1. The summed E-state index contributed by atoms with van der Waals surface area (Å²) in [5, 5.41) is 19.3. The highest BCUT2D eigenvalue weighted by Gasteiger charge is 2.40. The average Bonchev–Trinajstić information content (AvgIpc) is 3.25. The van der Waals surface area contributed by atoms with Gasteiger partial charge in [0.05, 0.1) is 17.7 Å². The van der Waals surface area contributed by atoms with Crippen molar-refractivity contribution in [3.8, 4) is 6.07 Å². The number of aliphatic hydroxyl groups is 1. The first kappa shape index (κ1) is 15.5. The van der Waals surface area contributed by atoms with Gasteiger partial charge in [-0.3, -0.25) is 4.79 Å². The molecular formula is C18H17N5O2. The Labute approximate surface area is 145 Å². The van der Waals surface area contributed by atoms with E-state index in [1.54, 1.807) is 23.2 Å². The van der Waals surface area contributed by atoms with Crippen molar-refractivity contribution in [2.24, 2.45) is 0 Å². The summed E-state index contributed by atoms with van der Waals surface area (Å²) in [6.45, 7) is 1.30. The number of hydrogen-bond acceptors (Lipinski definition) is 6. The number of carbonyl (C=O) groups is 1. The average molecular weight is 335 g/mol. The number of nitrogens with zero attached hydrogens (tertiary/aromatic N) is 5. The molecule has 126 valence electrons. The molecule has 25 heavy (non-hydrogen) atoms. The molecule has 0 radical (unpaired) electrons. The number of aliphatic hydroxyl groups excluding tert-OH is 1. The van der Waals surface area contributed by atoms with Crippen molar-refractivity contribution in [2.75, 3.05) is 11.4 Å². The van der Waals surface area contributed by atoms with Crippen LogP contribution in [0, 0.1) is 11.3 Å². The first-order chi connectivity index (χ1) is 12.2. The summed E-state index contributed by atoms with van der Waals surface area (Å²) >= 11 is 0. The molecule has 7 heteroatoms. The van der Waals surface area contributed by atoms with Gasteiger partial charge in [0.2, 0.25) is 5.91 Å². The lowest BCUT2D eigenvalue weighted by Crippen LogP contribution is -2.44. The maximum Gasteiger partial charge on any atom is 0.246 e. The van der Waals surface area contributed by atoms with E-state index in [9.17, 15) is 15.2 Å². The molecule has 1 aromatic heterocycles.